The van der Waals surface area contributed by atoms with Gasteiger partial charge in [-0.1, -0.05) is 18.1 Å². The van der Waals surface area contributed by atoms with Gasteiger partial charge in [0.25, 0.3) is 0 Å². The second-order valence-corrected chi connectivity index (χ2v) is 7.00. The van der Waals surface area contributed by atoms with Crippen LogP contribution in [0, 0.1) is 18.8 Å². The van der Waals surface area contributed by atoms with Gasteiger partial charge in [0.2, 0.25) is 5.89 Å². The normalized spacial score (nSPS) is 11.7. The molecule has 0 aliphatic heterocycles. The molecule has 174 valence electrons. The van der Waals surface area contributed by atoms with Crippen molar-refractivity contribution in [1.82, 2.24) is 4.98 Å². The Hall–Kier alpha value is -3.38. The zero-order chi connectivity index (χ0) is 23.3. The van der Waals surface area contributed by atoms with E-state index in [0.717, 1.165) is 17.7 Å². The minimum absolute atomic E-state index is 0. The van der Waals surface area contributed by atoms with Gasteiger partial charge in [0.05, 0.1) is 17.9 Å². The summed E-state index contributed by atoms with van der Waals surface area (Å²) in [7, 11) is 0. The molecule has 9 heteroatoms. The summed E-state index contributed by atoms with van der Waals surface area (Å²) in [4.78, 5) is 15.4. The second-order valence-electron chi connectivity index (χ2n) is 7.00. The number of oxazole rings is 1. The molecule has 33 heavy (non-hydrogen) atoms. The fraction of sp³-hybridized carbons (Fsp3) is 0.250. The maximum absolute atomic E-state index is 12.7. The van der Waals surface area contributed by atoms with Crippen LogP contribution in [0.15, 0.2) is 52.9 Å². The first-order valence-corrected chi connectivity index (χ1v) is 9.68. The van der Waals surface area contributed by atoms with Crippen molar-refractivity contribution >= 4 is 19.5 Å². The van der Waals surface area contributed by atoms with Crippen molar-refractivity contribution in [2.75, 3.05) is 0 Å². The van der Waals surface area contributed by atoms with Crippen molar-refractivity contribution in [2.45, 2.75) is 39.0 Å². The third-order valence-electron chi connectivity index (χ3n) is 4.71. The number of carboxylic acids is 1. The molecule has 0 saturated heterocycles. The fourth-order valence-electron chi connectivity index (χ4n) is 3.04. The molecule has 1 heterocycles. The highest BCUT2D eigenvalue weighted by molar-refractivity contribution is 7.59. The average Bonchev–Trinajstić information content (AvgIpc) is 3.12. The largest absolute Gasteiger partial charge is 0.487 e. The quantitative estimate of drug-likeness (QED) is 0.426. The van der Waals surface area contributed by atoms with Crippen molar-refractivity contribution in [1.29, 1.82) is 0 Å². The van der Waals surface area contributed by atoms with Gasteiger partial charge in [0, 0.05) is 5.56 Å². The van der Waals surface area contributed by atoms with E-state index in [1.54, 1.807) is 38.1 Å². The summed E-state index contributed by atoms with van der Waals surface area (Å²) in [5.41, 5.74) is 0.978. The molecule has 3 aromatic rings. The monoisotopic (exact) mass is 477 g/mol. The number of hydrogen-bond donors (Lipinski definition) is 1. The van der Waals surface area contributed by atoms with Crippen molar-refractivity contribution in [3.63, 3.8) is 0 Å². The summed E-state index contributed by atoms with van der Waals surface area (Å²) in [6.07, 6.45) is -4.50. The van der Waals surface area contributed by atoms with E-state index in [0.29, 0.717) is 22.8 Å². The van der Waals surface area contributed by atoms with E-state index in [9.17, 15) is 18.0 Å². The van der Waals surface area contributed by atoms with E-state index in [-0.39, 0.29) is 32.4 Å². The van der Waals surface area contributed by atoms with Crippen LogP contribution in [-0.4, -0.2) is 16.1 Å². The molecule has 1 N–H and O–H groups in total. The van der Waals surface area contributed by atoms with Crippen LogP contribution in [0.3, 0.4) is 0 Å². The summed E-state index contributed by atoms with van der Waals surface area (Å²) < 4.78 is 49.5. The summed E-state index contributed by atoms with van der Waals surface area (Å²) in [5, 5.41) is 9.04. The lowest BCUT2D eigenvalue weighted by Gasteiger charge is -2.10. The number of aromatic nitrogens is 1. The van der Waals surface area contributed by atoms with Gasteiger partial charge in [-0.25, -0.2) is 4.98 Å². The molecule has 0 amide bonds. The van der Waals surface area contributed by atoms with Crippen LogP contribution in [0.5, 0.6) is 5.75 Å². The zero-order valence-electron chi connectivity index (χ0n) is 17.9. The molecule has 5 nitrogen and oxygen atoms in total. The van der Waals surface area contributed by atoms with E-state index in [2.05, 4.69) is 16.8 Å². The van der Waals surface area contributed by atoms with Crippen LogP contribution in [0.4, 0.5) is 13.2 Å². The molecule has 3 rings (SSSR count). The van der Waals surface area contributed by atoms with Crippen molar-refractivity contribution in [3.8, 4) is 29.0 Å². The molecule has 0 saturated carbocycles. The second kappa shape index (κ2) is 11.0. The maximum atomic E-state index is 12.7. The van der Waals surface area contributed by atoms with Crippen LogP contribution in [0.25, 0.3) is 11.5 Å². The molecular weight excluding hydrogens is 455 g/mol. The maximum Gasteiger partial charge on any atom is 0.416 e. The summed E-state index contributed by atoms with van der Waals surface area (Å²) in [6, 6.07) is 11.5. The molecule has 0 radical (unpaired) electrons. The van der Waals surface area contributed by atoms with Gasteiger partial charge >= 0.3 is 12.1 Å². The van der Waals surface area contributed by atoms with Crippen molar-refractivity contribution < 1.29 is 32.2 Å². The molecule has 2 aromatic carbocycles. The van der Waals surface area contributed by atoms with E-state index >= 15 is 0 Å². The van der Waals surface area contributed by atoms with Gasteiger partial charge in [-0.05, 0) is 55.8 Å². The topological polar surface area (TPSA) is 72.6 Å². The first-order valence-electron chi connectivity index (χ1n) is 9.68. The standard InChI is InChI=1S/C24H20F3NO4.H2S/c1-3-4-18(13-22(29)30)16-7-11-20(12-8-16)31-14-21-15(2)32-23(28-21)17-5-9-19(10-6-17)24(25,26)27;/h5-12,18H,13-14H2,1-2H3,(H,29,30);1H2/t18-;/m0./s1. The first kappa shape index (κ1) is 25.9. The molecule has 0 spiro atoms. The Balaban J connectivity index is 0.00000385. The fourth-order valence-corrected chi connectivity index (χ4v) is 3.04. The van der Waals surface area contributed by atoms with Crippen molar-refractivity contribution in [3.05, 3.63) is 71.1 Å². The van der Waals surface area contributed by atoms with Crippen LogP contribution < -0.4 is 4.74 Å². The number of hydrogen-bond acceptors (Lipinski definition) is 4. The molecule has 0 bridgehead atoms. The smallest absolute Gasteiger partial charge is 0.416 e. The number of halogens is 3. The lowest BCUT2D eigenvalue weighted by molar-refractivity contribution is -0.138. The Labute approximate surface area is 196 Å². The third kappa shape index (κ3) is 6.80. The van der Waals surface area contributed by atoms with Crippen LogP contribution in [0.1, 0.15) is 41.8 Å². The number of carboxylic acid groups (broad SMARTS) is 1. The lowest BCUT2D eigenvalue weighted by Crippen LogP contribution is -2.04. The Morgan fingerprint density at radius 2 is 1.79 bits per heavy atom. The number of alkyl halides is 3. The number of benzene rings is 2. The van der Waals surface area contributed by atoms with E-state index in [1.165, 1.54) is 12.1 Å². The minimum Gasteiger partial charge on any atom is -0.487 e. The third-order valence-corrected chi connectivity index (χ3v) is 4.71. The van der Waals surface area contributed by atoms with Gasteiger partial charge in [-0.15, -0.1) is 5.92 Å². The zero-order valence-corrected chi connectivity index (χ0v) is 18.9. The number of rotatable bonds is 7. The van der Waals surface area contributed by atoms with Crippen LogP contribution >= 0.6 is 13.5 Å². The lowest BCUT2D eigenvalue weighted by atomic mass is 9.96. The van der Waals surface area contributed by atoms with Gasteiger partial charge in [-0.3, -0.25) is 4.79 Å². The molecule has 0 fully saturated rings. The van der Waals surface area contributed by atoms with Crippen molar-refractivity contribution in [2.24, 2.45) is 0 Å². The van der Waals surface area contributed by atoms with Gasteiger partial charge in [-0.2, -0.15) is 26.7 Å². The number of aryl methyl sites for hydroxylation is 1. The Bertz CT molecular complexity index is 1140. The Kier molecular flexibility index (Phi) is 8.60. The van der Waals surface area contributed by atoms with Crippen LogP contribution in [-0.2, 0) is 17.6 Å². The Morgan fingerprint density at radius 3 is 2.33 bits per heavy atom. The van der Waals surface area contributed by atoms with E-state index in [1.807, 2.05) is 0 Å². The highest BCUT2D eigenvalue weighted by Crippen LogP contribution is 2.31. The Morgan fingerprint density at radius 1 is 1.15 bits per heavy atom. The predicted molar refractivity (Wildman–Crippen MR) is 121 cm³/mol. The molecule has 0 aliphatic rings. The number of carbonyl (C=O) groups is 1. The average molecular weight is 478 g/mol. The summed E-state index contributed by atoms with van der Waals surface area (Å²) in [6.45, 7) is 3.45. The summed E-state index contributed by atoms with van der Waals surface area (Å²) in [5.74, 6) is 5.55. The summed E-state index contributed by atoms with van der Waals surface area (Å²) >= 11 is 0. The molecule has 0 unspecified atom stereocenters. The van der Waals surface area contributed by atoms with Gasteiger partial charge < -0.3 is 14.3 Å². The first-order chi connectivity index (χ1) is 15.2. The SMILES string of the molecule is CC#C[C@@H](CC(=O)O)c1ccc(OCc2nc(-c3ccc(C(F)(F)F)cc3)oc2C)cc1.S. The van der Waals surface area contributed by atoms with Crippen LogP contribution in [0.2, 0.25) is 0 Å². The van der Waals surface area contributed by atoms with Gasteiger partial charge in [0.1, 0.15) is 23.8 Å². The number of ether oxygens (including phenoxy) is 1. The molecular formula is C24H22F3NO4S. The van der Waals surface area contributed by atoms with E-state index < -0.39 is 23.6 Å². The van der Waals surface area contributed by atoms with Gasteiger partial charge in [0.15, 0.2) is 0 Å². The highest BCUT2D eigenvalue weighted by atomic mass is 32.1. The van der Waals surface area contributed by atoms with E-state index in [4.69, 9.17) is 14.3 Å². The minimum atomic E-state index is -4.41. The highest BCUT2D eigenvalue weighted by Gasteiger charge is 2.30. The molecule has 1 atom stereocenters. The molecule has 1 aromatic heterocycles. The predicted octanol–water partition coefficient (Wildman–Crippen LogP) is 5.94. The number of aliphatic carboxylic acids is 1. The number of nitrogens with zero attached hydrogens (tertiary/aromatic N) is 1. The molecule has 0 aliphatic carbocycles.